The molecular weight excluding hydrogens is 214 g/mol. The van der Waals surface area contributed by atoms with Gasteiger partial charge in [0, 0.05) is 24.5 Å². The molecule has 0 radical (unpaired) electrons. The summed E-state index contributed by atoms with van der Waals surface area (Å²) in [7, 11) is 0. The van der Waals surface area contributed by atoms with Gasteiger partial charge in [0.25, 0.3) is 0 Å². The monoisotopic (exact) mass is 235 g/mol. The van der Waals surface area contributed by atoms with Crippen LogP contribution in [0.15, 0.2) is 24.3 Å². The Morgan fingerprint density at radius 3 is 2.76 bits per heavy atom. The van der Waals surface area contributed by atoms with Crippen molar-refractivity contribution in [2.24, 2.45) is 0 Å². The van der Waals surface area contributed by atoms with Crippen molar-refractivity contribution >= 4 is 17.4 Å². The van der Waals surface area contributed by atoms with Crippen LogP contribution in [0.25, 0.3) is 0 Å². The van der Waals surface area contributed by atoms with Crippen LogP contribution in [0.3, 0.4) is 0 Å². The first-order valence-electron chi connectivity index (χ1n) is 6.08. The van der Waals surface area contributed by atoms with Crippen LogP contribution in [0, 0.1) is 0 Å². The second-order valence-corrected chi connectivity index (χ2v) is 3.99. The molecule has 1 rings (SSSR count). The summed E-state index contributed by atoms with van der Waals surface area (Å²) in [5.74, 6) is 0. The summed E-state index contributed by atoms with van der Waals surface area (Å²) < 4.78 is 0. The van der Waals surface area contributed by atoms with Gasteiger partial charge in [0.2, 0.25) is 0 Å². The number of benzene rings is 1. The van der Waals surface area contributed by atoms with Crippen molar-refractivity contribution in [3.63, 3.8) is 0 Å². The molecule has 0 atom stereocenters. The number of nitrogens with one attached hydrogen (secondary N) is 1. The molecule has 0 heterocycles. The summed E-state index contributed by atoms with van der Waals surface area (Å²) >= 11 is 0. The van der Waals surface area contributed by atoms with Crippen LogP contribution in [0.4, 0.5) is 16.2 Å². The lowest BCUT2D eigenvalue weighted by Gasteiger charge is -2.21. The summed E-state index contributed by atoms with van der Waals surface area (Å²) in [6.45, 7) is 5.60. The van der Waals surface area contributed by atoms with Crippen LogP contribution in [-0.4, -0.2) is 24.0 Å². The number of hydrogen-bond acceptors (Lipinski definition) is 2. The Hall–Kier alpha value is -1.71. The Morgan fingerprint density at radius 1 is 1.41 bits per heavy atom. The number of anilines is 2. The van der Waals surface area contributed by atoms with E-state index in [9.17, 15) is 4.79 Å². The molecule has 0 unspecified atom stereocenters. The van der Waals surface area contributed by atoms with E-state index in [1.54, 1.807) is 17.0 Å². The Labute approximate surface area is 103 Å². The molecule has 0 saturated heterocycles. The van der Waals surface area contributed by atoms with Gasteiger partial charge in [-0.15, -0.1) is 0 Å². The summed E-state index contributed by atoms with van der Waals surface area (Å²) in [6.07, 6.45) is 2.11. The molecule has 4 heteroatoms. The number of nitrogens with zero attached hydrogens (tertiary/aromatic N) is 1. The van der Waals surface area contributed by atoms with E-state index < -0.39 is 0 Å². The smallest absolute Gasteiger partial charge is 0.321 e. The largest absolute Gasteiger partial charge is 0.399 e. The lowest BCUT2D eigenvalue weighted by Crippen LogP contribution is -2.35. The van der Waals surface area contributed by atoms with Crippen LogP contribution in [0.2, 0.25) is 0 Å². The maximum atomic E-state index is 11.9. The molecule has 0 fully saturated rings. The maximum absolute atomic E-state index is 11.9. The van der Waals surface area contributed by atoms with E-state index >= 15 is 0 Å². The van der Waals surface area contributed by atoms with Gasteiger partial charge in [-0.25, -0.2) is 4.79 Å². The van der Waals surface area contributed by atoms with Crippen molar-refractivity contribution in [1.82, 2.24) is 4.90 Å². The molecule has 0 aliphatic rings. The summed E-state index contributed by atoms with van der Waals surface area (Å²) in [5, 5.41) is 2.85. The molecule has 2 amide bonds. The molecule has 0 aromatic heterocycles. The highest BCUT2D eigenvalue weighted by Crippen LogP contribution is 2.12. The Morgan fingerprint density at radius 2 is 2.18 bits per heavy atom. The fourth-order valence-electron chi connectivity index (χ4n) is 1.57. The number of carbonyl (C=O) groups excluding carboxylic acids is 1. The summed E-state index contributed by atoms with van der Waals surface area (Å²) in [4.78, 5) is 13.7. The molecule has 1 aromatic carbocycles. The molecule has 1 aromatic rings. The predicted molar refractivity (Wildman–Crippen MR) is 72.0 cm³/mol. The second-order valence-electron chi connectivity index (χ2n) is 3.99. The average Bonchev–Trinajstić information content (AvgIpc) is 2.30. The number of nitrogen functional groups attached to an aromatic ring is 1. The third-order valence-corrected chi connectivity index (χ3v) is 2.59. The van der Waals surface area contributed by atoms with Gasteiger partial charge in [0.1, 0.15) is 0 Å². The lowest BCUT2D eigenvalue weighted by molar-refractivity contribution is 0.213. The zero-order valence-corrected chi connectivity index (χ0v) is 10.6. The zero-order chi connectivity index (χ0) is 12.7. The fraction of sp³-hybridized carbons (Fsp3) is 0.462. The van der Waals surface area contributed by atoms with Gasteiger partial charge in [0.15, 0.2) is 0 Å². The molecule has 0 spiro atoms. The SMILES string of the molecule is CCCCN(CC)C(=O)Nc1cccc(N)c1. The number of unbranched alkanes of at least 4 members (excludes halogenated alkanes) is 1. The van der Waals surface area contributed by atoms with Crippen LogP contribution >= 0.6 is 0 Å². The van der Waals surface area contributed by atoms with Crippen molar-refractivity contribution in [1.29, 1.82) is 0 Å². The molecule has 4 nitrogen and oxygen atoms in total. The van der Waals surface area contributed by atoms with Crippen LogP contribution in [0.1, 0.15) is 26.7 Å². The van der Waals surface area contributed by atoms with Crippen molar-refractivity contribution in [2.45, 2.75) is 26.7 Å². The lowest BCUT2D eigenvalue weighted by atomic mass is 10.3. The first kappa shape index (κ1) is 13.4. The van der Waals surface area contributed by atoms with E-state index in [0.29, 0.717) is 12.2 Å². The predicted octanol–water partition coefficient (Wildman–Crippen LogP) is 2.92. The first-order valence-corrected chi connectivity index (χ1v) is 6.08. The third kappa shape index (κ3) is 4.34. The first-order chi connectivity index (χ1) is 8.17. The van der Waals surface area contributed by atoms with Crippen molar-refractivity contribution in [2.75, 3.05) is 24.1 Å². The van der Waals surface area contributed by atoms with E-state index in [4.69, 9.17) is 5.73 Å². The standard InChI is InChI=1S/C13H21N3O/c1-3-5-9-16(4-2)13(17)15-12-8-6-7-11(14)10-12/h6-8,10H,3-5,9,14H2,1-2H3,(H,15,17). The van der Waals surface area contributed by atoms with Gasteiger partial charge in [0.05, 0.1) is 0 Å². The number of carbonyl (C=O) groups is 1. The van der Waals surface area contributed by atoms with Crippen LogP contribution < -0.4 is 11.1 Å². The van der Waals surface area contributed by atoms with Crippen LogP contribution in [0.5, 0.6) is 0 Å². The topological polar surface area (TPSA) is 58.4 Å². The van der Waals surface area contributed by atoms with Gasteiger partial charge in [-0.1, -0.05) is 19.4 Å². The number of urea groups is 1. The van der Waals surface area contributed by atoms with Crippen LogP contribution in [-0.2, 0) is 0 Å². The Balaban J connectivity index is 2.57. The zero-order valence-electron chi connectivity index (χ0n) is 10.6. The quantitative estimate of drug-likeness (QED) is 0.771. The molecule has 0 aliphatic carbocycles. The van der Waals surface area contributed by atoms with E-state index in [-0.39, 0.29) is 6.03 Å². The fourth-order valence-corrected chi connectivity index (χ4v) is 1.57. The third-order valence-electron chi connectivity index (χ3n) is 2.59. The average molecular weight is 235 g/mol. The summed E-state index contributed by atoms with van der Waals surface area (Å²) in [6, 6.07) is 7.15. The highest BCUT2D eigenvalue weighted by molar-refractivity contribution is 5.89. The van der Waals surface area contributed by atoms with Gasteiger partial charge < -0.3 is 16.0 Å². The molecule has 0 aliphatic heterocycles. The molecule has 17 heavy (non-hydrogen) atoms. The van der Waals surface area contributed by atoms with E-state index in [2.05, 4.69) is 12.2 Å². The molecule has 0 saturated carbocycles. The minimum Gasteiger partial charge on any atom is -0.399 e. The minimum absolute atomic E-state index is 0.0634. The molecule has 0 bridgehead atoms. The van der Waals surface area contributed by atoms with Crippen molar-refractivity contribution < 1.29 is 4.79 Å². The summed E-state index contributed by atoms with van der Waals surface area (Å²) in [5.41, 5.74) is 7.05. The highest BCUT2D eigenvalue weighted by Gasteiger charge is 2.10. The van der Waals surface area contributed by atoms with Gasteiger partial charge in [-0.2, -0.15) is 0 Å². The van der Waals surface area contributed by atoms with E-state index in [1.807, 2.05) is 19.1 Å². The molecule has 94 valence electrons. The number of hydrogen-bond donors (Lipinski definition) is 2. The van der Waals surface area contributed by atoms with Crippen molar-refractivity contribution in [3.8, 4) is 0 Å². The minimum atomic E-state index is -0.0634. The van der Waals surface area contributed by atoms with Gasteiger partial charge in [-0.05, 0) is 31.5 Å². The Bertz CT molecular complexity index is 365. The maximum Gasteiger partial charge on any atom is 0.321 e. The highest BCUT2D eigenvalue weighted by atomic mass is 16.2. The van der Waals surface area contributed by atoms with E-state index in [0.717, 1.165) is 25.1 Å². The number of amides is 2. The van der Waals surface area contributed by atoms with Gasteiger partial charge in [-0.3, -0.25) is 0 Å². The van der Waals surface area contributed by atoms with E-state index in [1.165, 1.54) is 0 Å². The normalized spacial score (nSPS) is 10.0. The second kappa shape index (κ2) is 6.78. The Kier molecular flexibility index (Phi) is 5.33. The molecule has 3 N–H and O–H groups in total. The van der Waals surface area contributed by atoms with Crippen molar-refractivity contribution in [3.05, 3.63) is 24.3 Å². The number of rotatable bonds is 5. The number of nitrogens with two attached hydrogens (primary N) is 1. The van der Waals surface area contributed by atoms with Gasteiger partial charge >= 0.3 is 6.03 Å². The molecular formula is C13H21N3O.